The van der Waals surface area contributed by atoms with Gasteiger partial charge in [-0.2, -0.15) is 0 Å². The van der Waals surface area contributed by atoms with Crippen molar-refractivity contribution >= 4 is 0 Å². The molecule has 1 aromatic carbocycles. The van der Waals surface area contributed by atoms with Crippen molar-refractivity contribution in [3.63, 3.8) is 0 Å². The lowest BCUT2D eigenvalue weighted by atomic mass is 9.79. The van der Waals surface area contributed by atoms with E-state index in [9.17, 15) is 0 Å². The van der Waals surface area contributed by atoms with Crippen LogP contribution in [0.15, 0.2) is 24.3 Å². The van der Waals surface area contributed by atoms with E-state index in [2.05, 4.69) is 43.4 Å². The summed E-state index contributed by atoms with van der Waals surface area (Å²) < 4.78 is 0. The smallest absolute Gasteiger partial charge is 0.0107 e. The van der Waals surface area contributed by atoms with Crippen molar-refractivity contribution in [1.82, 2.24) is 5.32 Å². The first-order valence-electron chi connectivity index (χ1n) is 7.60. The van der Waals surface area contributed by atoms with Gasteiger partial charge in [0.15, 0.2) is 0 Å². The molecule has 0 heterocycles. The molecule has 0 aliphatic heterocycles. The Morgan fingerprint density at radius 1 is 1.11 bits per heavy atom. The van der Waals surface area contributed by atoms with Crippen LogP contribution in [0.3, 0.4) is 0 Å². The summed E-state index contributed by atoms with van der Waals surface area (Å²) in [7, 11) is 0. The summed E-state index contributed by atoms with van der Waals surface area (Å²) in [5, 5.41) is 3.73. The Hall–Kier alpha value is -0.820. The zero-order chi connectivity index (χ0) is 12.5. The second-order valence-electron chi connectivity index (χ2n) is 6.32. The highest BCUT2D eigenvalue weighted by molar-refractivity contribution is 5.30. The summed E-state index contributed by atoms with van der Waals surface area (Å²) in [4.78, 5) is 0. The summed E-state index contributed by atoms with van der Waals surface area (Å²) in [5.74, 6) is 1.47. The van der Waals surface area contributed by atoms with E-state index in [1.165, 1.54) is 37.7 Å². The van der Waals surface area contributed by atoms with Crippen LogP contribution < -0.4 is 5.32 Å². The third kappa shape index (κ3) is 2.61. The van der Waals surface area contributed by atoms with Crippen molar-refractivity contribution < 1.29 is 0 Å². The fourth-order valence-corrected chi connectivity index (χ4v) is 2.89. The van der Waals surface area contributed by atoms with Gasteiger partial charge in [0, 0.05) is 12.1 Å². The second kappa shape index (κ2) is 5.05. The third-order valence-electron chi connectivity index (χ3n) is 4.84. The van der Waals surface area contributed by atoms with E-state index in [-0.39, 0.29) is 0 Å². The number of benzene rings is 1. The van der Waals surface area contributed by atoms with Gasteiger partial charge in [0.25, 0.3) is 0 Å². The van der Waals surface area contributed by atoms with Crippen molar-refractivity contribution in [2.24, 2.45) is 0 Å². The highest BCUT2D eigenvalue weighted by Gasteiger charge is 2.26. The molecule has 2 unspecified atom stereocenters. The van der Waals surface area contributed by atoms with Crippen LogP contribution in [0.25, 0.3) is 0 Å². The molecule has 0 amide bonds. The van der Waals surface area contributed by atoms with Gasteiger partial charge in [-0.3, -0.25) is 0 Å². The predicted molar refractivity (Wildman–Crippen MR) is 77.1 cm³/mol. The van der Waals surface area contributed by atoms with E-state index in [1.807, 2.05) is 0 Å². The normalized spacial score (nSPS) is 23.4. The van der Waals surface area contributed by atoms with Gasteiger partial charge in [-0.1, -0.05) is 37.6 Å². The van der Waals surface area contributed by atoms with Crippen molar-refractivity contribution in [3.05, 3.63) is 35.4 Å². The summed E-state index contributed by atoms with van der Waals surface area (Å²) in [6.07, 6.45) is 6.96. The molecule has 2 saturated carbocycles. The SMILES string of the molecule is CC(NC1CC1)C(C)c1cccc(C2CCC2)c1. The Morgan fingerprint density at radius 3 is 2.50 bits per heavy atom. The highest BCUT2D eigenvalue weighted by Crippen LogP contribution is 2.37. The zero-order valence-corrected chi connectivity index (χ0v) is 11.7. The maximum Gasteiger partial charge on any atom is 0.0107 e. The lowest BCUT2D eigenvalue weighted by Crippen LogP contribution is -2.32. The van der Waals surface area contributed by atoms with Crippen LogP contribution >= 0.6 is 0 Å². The average molecular weight is 243 g/mol. The molecule has 2 fully saturated rings. The van der Waals surface area contributed by atoms with Crippen molar-refractivity contribution in [1.29, 1.82) is 0 Å². The minimum absolute atomic E-state index is 0.592. The molecule has 0 bridgehead atoms. The maximum atomic E-state index is 3.73. The number of hydrogen-bond acceptors (Lipinski definition) is 1. The van der Waals surface area contributed by atoms with Crippen LogP contribution in [-0.4, -0.2) is 12.1 Å². The molecule has 0 aromatic heterocycles. The standard InChI is InChI=1S/C17H25N/c1-12(13(2)18-17-9-10-17)15-7-4-8-16(11-15)14-5-3-6-14/h4,7-8,11-14,17-18H,3,5-6,9-10H2,1-2H3. The van der Waals surface area contributed by atoms with Crippen LogP contribution in [0.1, 0.15) is 68.9 Å². The largest absolute Gasteiger partial charge is 0.311 e. The van der Waals surface area contributed by atoms with Gasteiger partial charge in [-0.15, -0.1) is 0 Å². The quantitative estimate of drug-likeness (QED) is 0.817. The number of rotatable bonds is 5. The zero-order valence-electron chi connectivity index (χ0n) is 11.7. The Kier molecular flexibility index (Phi) is 3.43. The summed E-state index contributed by atoms with van der Waals surface area (Å²) >= 11 is 0. The minimum atomic E-state index is 0.592. The Bertz CT molecular complexity index is 404. The molecule has 1 heteroatoms. The Morgan fingerprint density at radius 2 is 1.89 bits per heavy atom. The van der Waals surface area contributed by atoms with Crippen LogP contribution in [0, 0.1) is 0 Å². The van der Waals surface area contributed by atoms with E-state index in [0.29, 0.717) is 12.0 Å². The predicted octanol–water partition coefficient (Wildman–Crippen LogP) is 4.20. The minimum Gasteiger partial charge on any atom is -0.311 e. The van der Waals surface area contributed by atoms with Crippen molar-refractivity contribution in [2.45, 2.75) is 69.9 Å². The van der Waals surface area contributed by atoms with E-state index in [1.54, 1.807) is 5.56 Å². The lowest BCUT2D eigenvalue weighted by molar-refractivity contribution is 0.418. The van der Waals surface area contributed by atoms with Gasteiger partial charge >= 0.3 is 0 Å². The molecule has 3 rings (SSSR count). The van der Waals surface area contributed by atoms with Gasteiger partial charge in [0.1, 0.15) is 0 Å². The first-order valence-corrected chi connectivity index (χ1v) is 7.60. The first-order chi connectivity index (χ1) is 8.74. The molecule has 1 N–H and O–H groups in total. The summed E-state index contributed by atoms with van der Waals surface area (Å²) in [6, 6.07) is 10.7. The van der Waals surface area contributed by atoms with Crippen molar-refractivity contribution in [3.8, 4) is 0 Å². The van der Waals surface area contributed by atoms with Gasteiger partial charge in [0.2, 0.25) is 0 Å². The topological polar surface area (TPSA) is 12.0 Å². The van der Waals surface area contributed by atoms with E-state index < -0.39 is 0 Å². The van der Waals surface area contributed by atoms with Gasteiger partial charge in [0.05, 0.1) is 0 Å². The van der Waals surface area contributed by atoms with Gasteiger partial charge in [-0.05, 0) is 55.6 Å². The van der Waals surface area contributed by atoms with E-state index >= 15 is 0 Å². The molecule has 2 atom stereocenters. The second-order valence-corrected chi connectivity index (χ2v) is 6.32. The summed E-state index contributed by atoms with van der Waals surface area (Å²) in [6.45, 7) is 4.69. The molecule has 2 aliphatic rings. The van der Waals surface area contributed by atoms with Crippen LogP contribution in [0.4, 0.5) is 0 Å². The van der Waals surface area contributed by atoms with Crippen molar-refractivity contribution in [2.75, 3.05) is 0 Å². The molecular formula is C17H25N. The molecule has 0 saturated heterocycles. The molecule has 18 heavy (non-hydrogen) atoms. The fraction of sp³-hybridized carbons (Fsp3) is 0.647. The van der Waals surface area contributed by atoms with E-state index in [0.717, 1.165) is 12.0 Å². The molecule has 2 aliphatic carbocycles. The number of hydrogen-bond donors (Lipinski definition) is 1. The molecule has 1 nitrogen and oxygen atoms in total. The molecule has 98 valence electrons. The van der Waals surface area contributed by atoms with Crippen LogP contribution in [0.2, 0.25) is 0 Å². The fourth-order valence-electron chi connectivity index (χ4n) is 2.89. The number of nitrogens with one attached hydrogen (secondary N) is 1. The monoisotopic (exact) mass is 243 g/mol. The van der Waals surface area contributed by atoms with Crippen LogP contribution in [0.5, 0.6) is 0 Å². The average Bonchev–Trinajstić information content (AvgIpc) is 3.10. The Balaban J connectivity index is 1.69. The van der Waals surface area contributed by atoms with Gasteiger partial charge in [-0.25, -0.2) is 0 Å². The summed E-state index contributed by atoms with van der Waals surface area (Å²) in [5.41, 5.74) is 3.09. The maximum absolute atomic E-state index is 3.73. The molecule has 0 spiro atoms. The van der Waals surface area contributed by atoms with Crippen LogP contribution in [-0.2, 0) is 0 Å². The lowest BCUT2D eigenvalue weighted by Gasteiger charge is -2.28. The first kappa shape index (κ1) is 12.2. The molecule has 1 aromatic rings. The third-order valence-corrected chi connectivity index (χ3v) is 4.84. The van der Waals surface area contributed by atoms with Gasteiger partial charge < -0.3 is 5.32 Å². The molecular weight excluding hydrogens is 218 g/mol. The van der Waals surface area contributed by atoms with E-state index in [4.69, 9.17) is 0 Å². The highest BCUT2D eigenvalue weighted by atomic mass is 15.0. The molecule has 0 radical (unpaired) electrons. The Labute approximate surface area is 111 Å².